The number of amides is 2. The Labute approximate surface area is 143 Å². The van der Waals surface area contributed by atoms with E-state index in [0.717, 1.165) is 25.3 Å². The second-order valence-electron chi connectivity index (χ2n) is 6.52. The van der Waals surface area contributed by atoms with Gasteiger partial charge in [-0.15, -0.1) is 0 Å². The third kappa shape index (κ3) is 6.41. The molecule has 0 atom stereocenters. The summed E-state index contributed by atoms with van der Waals surface area (Å²) in [5.41, 5.74) is 2.00. The zero-order chi connectivity index (χ0) is 18.2. The molecule has 2 amide bonds. The molecule has 4 nitrogen and oxygen atoms in total. The van der Waals surface area contributed by atoms with Crippen molar-refractivity contribution in [2.45, 2.75) is 58.9 Å². The molecule has 0 saturated heterocycles. The van der Waals surface area contributed by atoms with Crippen LogP contribution < -0.4 is 5.43 Å². The van der Waals surface area contributed by atoms with E-state index in [9.17, 15) is 14.0 Å². The summed E-state index contributed by atoms with van der Waals surface area (Å²) < 4.78 is 13.3. The standard InChI is InChI=1S/C19H25FN2O2/c1-5-6-7-8-9-13-17(23)21-22(19(2,3)4)18(24)15-11-10-12-16(20)14-15/h10-12,14H,5-8H2,1-4H3,(H,21,23). The molecule has 0 radical (unpaired) electrons. The van der Waals surface area contributed by atoms with E-state index in [-0.39, 0.29) is 5.56 Å². The van der Waals surface area contributed by atoms with Gasteiger partial charge in [0.15, 0.2) is 0 Å². The minimum atomic E-state index is -0.678. The molecule has 0 aliphatic heterocycles. The summed E-state index contributed by atoms with van der Waals surface area (Å²) in [6, 6.07) is 5.37. The van der Waals surface area contributed by atoms with Crippen LogP contribution in [-0.4, -0.2) is 22.4 Å². The zero-order valence-electron chi connectivity index (χ0n) is 14.8. The number of hydrazine groups is 1. The maximum absolute atomic E-state index is 13.3. The van der Waals surface area contributed by atoms with Crippen LogP contribution in [0.15, 0.2) is 24.3 Å². The molecule has 0 bridgehead atoms. The summed E-state index contributed by atoms with van der Waals surface area (Å²) in [6.07, 6.45) is 3.76. The van der Waals surface area contributed by atoms with Crippen molar-refractivity contribution < 1.29 is 14.0 Å². The van der Waals surface area contributed by atoms with Crippen LogP contribution in [0.1, 0.15) is 63.7 Å². The largest absolute Gasteiger partial charge is 0.314 e. The van der Waals surface area contributed by atoms with E-state index in [1.807, 2.05) is 0 Å². The summed E-state index contributed by atoms with van der Waals surface area (Å²) in [7, 11) is 0. The third-order valence-electron chi connectivity index (χ3n) is 3.27. The number of carbonyl (C=O) groups excluding carboxylic acids is 2. The number of halogens is 1. The second kappa shape index (κ2) is 9.07. The van der Waals surface area contributed by atoms with Gasteiger partial charge in [-0.25, -0.2) is 9.40 Å². The molecule has 130 valence electrons. The van der Waals surface area contributed by atoms with Crippen molar-refractivity contribution in [3.05, 3.63) is 35.6 Å². The lowest BCUT2D eigenvalue weighted by atomic mass is 10.1. The molecule has 0 unspecified atom stereocenters. The Morgan fingerprint density at radius 3 is 2.54 bits per heavy atom. The van der Waals surface area contributed by atoms with Crippen molar-refractivity contribution in [1.82, 2.24) is 10.4 Å². The maximum atomic E-state index is 13.3. The Balaban J connectivity index is 2.83. The van der Waals surface area contributed by atoms with E-state index in [4.69, 9.17) is 0 Å². The highest BCUT2D eigenvalue weighted by Crippen LogP contribution is 2.15. The normalized spacial score (nSPS) is 10.5. The van der Waals surface area contributed by atoms with Crippen LogP contribution in [0.3, 0.4) is 0 Å². The van der Waals surface area contributed by atoms with Gasteiger partial charge in [0.25, 0.3) is 5.91 Å². The smallest absolute Gasteiger partial charge is 0.267 e. The maximum Gasteiger partial charge on any atom is 0.314 e. The predicted octanol–water partition coefficient (Wildman–Crippen LogP) is 3.68. The molecule has 0 fully saturated rings. The van der Waals surface area contributed by atoms with Crippen molar-refractivity contribution >= 4 is 11.8 Å². The van der Waals surface area contributed by atoms with Crippen molar-refractivity contribution in [2.75, 3.05) is 0 Å². The van der Waals surface area contributed by atoms with Crippen LogP contribution in [0.5, 0.6) is 0 Å². The van der Waals surface area contributed by atoms with E-state index in [1.54, 1.807) is 20.8 Å². The first-order chi connectivity index (χ1) is 11.3. The fourth-order valence-electron chi connectivity index (χ4n) is 2.01. The molecule has 1 aromatic rings. The number of carbonyl (C=O) groups is 2. The van der Waals surface area contributed by atoms with Gasteiger partial charge in [-0.05, 0) is 51.3 Å². The molecule has 0 aliphatic carbocycles. The minimum absolute atomic E-state index is 0.168. The molecule has 1 N–H and O–H groups in total. The SMILES string of the molecule is CCCCCC#CC(=O)NN(C(=O)c1cccc(F)c1)C(C)(C)C. The molecule has 1 rings (SSSR count). The van der Waals surface area contributed by atoms with Crippen LogP contribution in [-0.2, 0) is 4.79 Å². The molecular weight excluding hydrogens is 307 g/mol. The number of hydrogen-bond acceptors (Lipinski definition) is 2. The van der Waals surface area contributed by atoms with E-state index >= 15 is 0 Å². The molecule has 0 spiro atoms. The average Bonchev–Trinajstić information content (AvgIpc) is 2.50. The number of hydrogen-bond donors (Lipinski definition) is 1. The van der Waals surface area contributed by atoms with Gasteiger partial charge in [-0.1, -0.05) is 31.8 Å². The molecule has 0 aliphatic rings. The fourth-order valence-corrected chi connectivity index (χ4v) is 2.01. The van der Waals surface area contributed by atoms with Crippen LogP contribution in [0.4, 0.5) is 4.39 Å². The molecule has 0 heterocycles. The van der Waals surface area contributed by atoms with Crippen molar-refractivity contribution in [1.29, 1.82) is 0 Å². The van der Waals surface area contributed by atoms with Gasteiger partial charge >= 0.3 is 5.91 Å². The van der Waals surface area contributed by atoms with Crippen LogP contribution in [0.2, 0.25) is 0 Å². The van der Waals surface area contributed by atoms with Gasteiger partial charge in [-0.2, -0.15) is 0 Å². The van der Waals surface area contributed by atoms with Gasteiger partial charge in [-0.3, -0.25) is 15.0 Å². The van der Waals surface area contributed by atoms with Crippen LogP contribution in [0.25, 0.3) is 0 Å². The Morgan fingerprint density at radius 1 is 1.25 bits per heavy atom. The summed E-state index contributed by atoms with van der Waals surface area (Å²) in [6.45, 7) is 7.43. The van der Waals surface area contributed by atoms with E-state index in [1.165, 1.54) is 23.2 Å². The molecule has 5 heteroatoms. The number of unbranched alkanes of at least 4 members (excludes halogenated alkanes) is 3. The molecule has 0 saturated carbocycles. The van der Waals surface area contributed by atoms with Crippen LogP contribution in [0, 0.1) is 17.7 Å². The average molecular weight is 332 g/mol. The summed E-state index contributed by atoms with van der Waals surface area (Å²) in [5.74, 6) is 3.76. The number of nitrogens with one attached hydrogen (secondary N) is 1. The highest BCUT2D eigenvalue weighted by Gasteiger charge is 2.29. The minimum Gasteiger partial charge on any atom is -0.267 e. The number of benzene rings is 1. The number of rotatable bonds is 4. The Bertz CT molecular complexity index is 639. The highest BCUT2D eigenvalue weighted by molar-refractivity contribution is 5.99. The lowest BCUT2D eigenvalue weighted by Gasteiger charge is -2.34. The Hall–Kier alpha value is -2.35. The Kier molecular flexibility index (Phi) is 7.44. The lowest BCUT2D eigenvalue weighted by Crippen LogP contribution is -2.55. The van der Waals surface area contributed by atoms with E-state index < -0.39 is 23.2 Å². The summed E-state index contributed by atoms with van der Waals surface area (Å²) in [4.78, 5) is 24.6. The van der Waals surface area contributed by atoms with Gasteiger partial charge < -0.3 is 0 Å². The Morgan fingerprint density at radius 2 is 1.96 bits per heavy atom. The monoisotopic (exact) mass is 332 g/mol. The van der Waals surface area contributed by atoms with Crippen molar-refractivity contribution in [2.24, 2.45) is 0 Å². The summed E-state index contributed by atoms with van der Waals surface area (Å²) >= 11 is 0. The van der Waals surface area contributed by atoms with Crippen LogP contribution >= 0.6 is 0 Å². The topological polar surface area (TPSA) is 49.4 Å². The predicted molar refractivity (Wildman–Crippen MR) is 92.4 cm³/mol. The fraction of sp³-hybridized carbons (Fsp3) is 0.474. The molecule has 24 heavy (non-hydrogen) atoms. The number of nitrogens with zero attached hydrogens (tertiary/aromatic N) is 1. The van der Waals surface area contributed by atoms with Gasteiger partial charge in [0.05, 0.1) is 5.54 Å². The van der Waals surface area contributed by atoms with E-state index in [0.29, 0.717) is 6.42 Å². The third-order valence-corrected chi connectivity index (χ3v) is 3.27. The van der Waals surface area contributed by atoms with Gasteiger partial charge in [0.1, 0.15) is 5.82 Å². The summed E-state index contributed by atoms with van der Waals surface area (Å²) in [5, 5.41) is 1.19. The zero-order valence-corrected chi connectivity index (χ0v) is 14.8. The van der Waals surface area contributed by atoms with Gasteiger partial charge in [0, 0.05) is 12.0 Å². The molecule has 1 aromatic carbocycles. The van der Waals surface area contributed by atoms with Crippen molar-refractivity contribution in [3.63, 3.8) is 0 Å². The first-order valence-corrected chi connectivity index (χ1v) is 8.15. The molecule has 0 aromatic heterocycles. The quantitative estimate of drug-likeness (QED) is 0.519. The van der Waals surface area contributed by atoms with Gasteiger partial charge in [0.2, 0.25) is 0 Å². The van der Waals surface area contributed by atoms with E-state index in [2.05, 4.69) is 24.2 Å². The highest BCUT2D eigenvalue weighted by atomic mass is 19.1. The molecular formula is C19H25FN2O2. The first-order valence-electron chi connectivity index (χ1n) is 8.15. The second-order valence-corrected chi connectivity index (χ2v) is 6.52. The lowest BCUT2D eigenvalue weighted by molar-refractivity contribution is -0.121. The van der Waals surface area contributed by atoms with Crippen molar-refractivity contribution in [3.8, 4) is 11.8 Å². The first kappa shape index (κ1) is 19.7.